The maximum absolute atomic E-state index is 12.8. The zero-order valence-electron chi connectivity index (χ0n) is 16.2. The van der Waals surface area contributed by atoms with Crippen LogP contribution < -0.4 is 4.74 Å². The summed E-state index contributed by atoms with van der Waals surface area (Å²) in [6.07, 6.45) is 5.61. The number of aromatic nitrogens is 1. The number of para-hydroxylation sites is 1. The molecule has 0 bridgehead atoms. The second-order valence-corrected chi connectivity index (χ2v) is 8.28. The van der Waals surface area contributed by atoms with Crippen LogP contribution in [0, 0.1) is 6.92 Å². The number of carbonyl (C=O) groups is 1. The minimum atomic E-state index is 0.0503. The van der Waals surface area contributed by atoms with Gasteiger partial charge in [-0.1, -0.05) is 23.8 Å². The van der Waals surface area contributed by atoms with Crippen LogP contribution in [0.4, 0.5) is 0 Å². The van der Waals surface area contributed by atoms with Crippen LogP contribution >= 0.6 is 11.3 Å². The van der Waals surface area contributed by atoms with E-state index in [2.05, 4.69) is 12.1 Å². The quantitative estimate of drug-likeness (QED) is 0.585. The summed E-state index contributed by atoms with van der Waals surface area (Å²) in [4.78, 5) is 19.5. The molecule has 1 saturated heterocycles. The first kappa shape index (κ1) is 18.7. The molecule has 1 amide bonds. The molecule has 1 atom stereocenters. The number of aryl methyl sites for hydroxylation is 1. The van der Waals surface area contributed by atoms with Gasteiger partial charge >= 0.3 is 0 Å². The van der Waals surface area contributed by atoms with Crippen LogP contribution in [0.25, 0.3) is 16.3 Å². The van der Waals surface area contributed by atoms with E-state index in [-0.39, 0.29) is 5.91 Å². The number of hydrogen-bond acceptors (Lipinski definition) is 4. The van der Waals surface area contributed by atoms with Gasteiger partial charge in [-0.2, -0.15) is 0 Å². The highest BCUT2D eigenvalue weighted by molar-refractivity contribution is 7.18. The fourth-order valence-corrected chi connectivity index (χ4v) is 4.79. The maximum atomic E-state index is 12.8. The number of hydrogen-bond donors (Lipinski definition) is 0. The fraction of sp³-hybridized carbons (Fsp3) is 0.304. The van der Waals surface area contributed by atoms with Gasteiger partial charge in [0.2, 0.25) is 5.91 Å². The standard InChI is InChI=1S/C23H24N2O2S/c1-16-9-11-20(27-2)17(14-16)10-12-22(26)25-13-5-6-18(15-25)23-24-19-7-3-4-8-21(19)28-23/h3-4,7-12,14,18H,5-6,13,15H2,1-2H3/b12-10+/t18-/m1/s1. The van der Waals surface area contributed by atoms with Gasteiger partial charge in [0.25, 0.3) is 0 Å². The summed E-state index contributed by atoms with van der Waals surface area (Å²) in [5, 5.41) is 1.14. The van der Waals surface area contributed by atoms with Crippen molar-refractivity contribution in [3.05, 3.63) is 64.7 Å². The molecule has 28 heavy (non-hydrogen) atoms. The Morgan fingerprint density at radius 1 is 1.29 bits per heavy atom. The molecule has 0 saturated carbocycles. The lowest BCUT2D eigenvalue weighted by atomic mass is 9.98. The highest BCUT2D eigenvalue weighted by Gasteiger charge is 2.26. The Bertz CT molecular complexity index is 991. The van der Waals surface area contributed by atoms with E-state index in [0.717, 1.165) is 53.3 Å². The number of carbonyl (C=O) groups excluding carboxylic acids is 1. The van der Waals surface area contributed by atoms with Crippen molar-refractivity contribution in [2.75, 3.05) is 20.2 Å². The summed E-state index contributed by atoms with van der Waals surface area (Å²) < 4.78 is 6.61. The van der Waals surface area contributed by atoms with Crippen LogP contribution in [0.5, 0.6) is 5.75 Å². The molecule has 4 nitrogen and oxygen atoms in total. The molecular weight excluding hydrogens is 368 g/mol. The minimum Gasteiger partial charge on any atom is -0.496 e. The topological polar surface area (TPSA) is 42.4 Å². The van der Waals surface area contributed by atoms with Crippen molar-refractivity contribution in [3.63, 3.8) is 0 Å². The van der Waals surface area contributed by atoms with Crippen molar-refractivity contribution < 1.29 is 9.53 Å². The summed E-state index contributed by atoms with van der Waals surface area (Å²) in [7, 11) is 1.65. The molecule has 0 N–H and O–H groups in total. The summed E-state index contributed by atoms with van der Waals surface area (Å²) in [6, 6.07) is 14.2. The van der Waals surface area contributed by atoms with Gasteiger partial charge in [-0.25, -0.2) is 4.98 Å². The Labute approximate surface area is 169 Å². The second kappa shape index (κ2) is 8.15. The first-order chi connectivity index (χ1) is 13.6. The van der Waals surface area contributed by atoms with E-state index >= 15 is 0 Å². The van der Waals surface area contributed by atoms with Gasteiger partial charge in [0.05, 0.1) is 22.3 Å². The first-order valence-electron chi connectivity index (χ1n) is 9.61. The highest BCUT2D eigenvalue weighted by Crippen LogP contribution is 2.33. The zero-order chi connectivity index (χ0) is 19.5. The zero-order valence-corrected chi connectivity index (χ0v) is 17.0. The molecule has 2 aromatic carbocycles. The van der Waals surface area contributed by atoms with Crippen LogP contribution in [0.1, 0.15) is 34.9 Å². The minimum absolute atomic E-state index is 0.0503. The maximum Gasteiger partial charge on any atom is 0.246 e. The highest BCUT2D eigenvalue weighted by atomic mass is 32.1. The van der Waals surface area contributed by atoms with Crippen molar-refractivity contribution in [1.82, 2.24) is 9.88 Å². The lowest BCUT2D eigenvalue weighted by Gasteiger charge is -2.31. The average molecular weight is 393 g/mol. The number of fused-ring (bicyclic) bond motifs is 1. The molecule has 1 fully saturated rings. The second-order valence-electron chi connectivity index (χ2n) is 7.22. The number of amides is 1. The molecule has 0 radical (unpaired) electrons. The molecule has 0 spiro atoms. The number of piperidine rings is 1. The monoisotopic (exact) mass is 392 g/mol. The van der Waals surface area contributed by atoms with Crippen molar-refractivity contribution in [3.8, 4) is 5.75 Å². The molecule has 1 aromatic heterocycles. The van der Waals surface area contributed by atoms with Crippen LogP contribution in [0.3, 0.4) is 0 Å². The molecular formula is C23H24N2O2S. The summed E-state index contributed by atoms with van der Waals surface area (Å²) in [5.74, 6) is 1.15. The van der Waals surface area contributed by atoms with E-state index in [1.165, 1.54) is 4.70 Å². The molecule has 3 aromatic rings. The number of methoxy groups -OCH3 is 1. The molecule has 0 aliphatic carbocycles. The predicted molar refractivity (Wildman–Crippen MR) is 115 cm³/mol. The molecule has 1 aliphatic heterocycles. The SMILES string of the molecule is COc1ccc(C)cc1/C=C/C(=O)N1CCC[C@@H](c2nc3ccccc3s2)C1. The third-order valence-corrected chi connectivity index (χ3v) is 6.38. The van der Waals surface area contributed by atoms with Crippen LogP contribution in [-0.2, 0) is 4.79 Å². The molecule has 0 unspecified atom stereocenters. The summed E-state index contributed by atoms with van der Waals surface area (Å²) in [6.45, 7) is 3.56. The average Bonchev–Trinajstić information content (AvgIpc) is 3.16. The smallest absolute Gasteiger partial charge is 0.246 e. The van der Waals surface area contributed by atoms with Crippen molar-refractivity contribution in [2.24, 2.45) is 0 Å². The predicted octanol–water partition coefficient (Wildman–Crippen LogP) is 5.03. The third-order valence-electron chi connectivity index (χ3n) is 5.18. The molecule has 1 aliphatic rings. The Balaban J connectivity index is 1.48. The van der Waals surface area contributed by atoms with Gasteiger partial charge in [-0.05, 0) is 50.1 Å². The van der Waals surface area contributed by atoms with Crippen molar-refractivity contribution in [2.45, 2.75) is 25.7 Å². The molecule has 2 heterocycles. The number of ether oxygens (including phenoxy) is 1. The number of nitrogens with zero attached hydrogens (tertiary/aromatic N) is 2. The summed E-state index contributed by atoms with van der Waals surface area (Å²) in [5.41, 5.74) is 3.12. The van der Waals surface area contributed by atoms with E-state index in [4.69, 9.17) is 9.72 Å². The summed E-state index contributed by atoms with van der Waals surface area (Å²) >= 11 is 1.75. The van der Waals surface area contributed by atoms with Gasteiger partial charge in [-0.15, -0.1) is 11.3 Å². The van der Waals surface area contributed by atoms with E-state index in [0.29, 0.717) is 5.92 Å². The Hall–Kier alpha value is -2.66. The number of benzene rings is 2. The Morgan fingerprint density at radius 2 is 2.14 bits per heavy atom. The van der Waals surface area contributed by atoms with E-state index in [1.54, 1.807) is 24.5 Å². The van der Waals surface area contributed by atoms with E-state index in [1.807, 2.05) is 48.2 Å². The van der Waals surface area contributed by atoms with Gasteiger partial charge in [0, 0.05) is 30.6 Å². The lowest BCUT2D eigenvalue weighted by Crippen LogP contribution is -2.38. The van der Waals surface area contributed by atoms with E-state index in [9.17, 15) is 4.79 Å². The molecule has 5 heteroatoms. The number of thiazole rings is 1. The van der Waals surface area contributed by atoms with Gasteiger partial charge < -0.3 is 9.64 Å². The molecule has 144 valence electrons. The number of likely N-dealkylation sites (tertiary alicyclic amines) is 1. The Kier molecular flexibility index (Phi) is 5.44. The van der Waals surface area contributed by atoms with Gasteiger partial charge in [0.1, 0.15) is 5.75 Å². The van der Waals surface area contributed by atoms with Gasteiger partial charge in [0.15, 0.2) is 0 Å². The van der Waals surface area contributed by atoms with Crippen LogP contribution in [0.15, 0.2) is 48.5 Å². The van der Waals surface area contributed by atoms with Crippen LogP contribution in [-0.4, -0.2) is 36.0 Å². The lowest BCUT2D eigenvalue weighted by molar-refractivity contribution is -0.127. The number of rotatable bonds is 4. The van der Waals surface area contributed by atoms with Gasteiger partial charge in [-0.3, -0.25) is 4.79 Å². The van der Waals surface area contributed by atoms with Crippen LogP contribution in [0.2, 0.25) is 0 Å². The fourth-order valence-electron chi connectivity index (χ4n) is 3.69. The van der Waals surface area contributed by atoms with Crippen molar-refractivity contribution >= 4 is 33.5 Å². The Morgan fingerprint density at radius 3 is 2.96 bits per heavy atom. The van der Waals surface area contributed by atoms with Crippen molar-refractivity contribution in [1.29, 1.82) is 0 Å². The largest absolute Gasteiger partial charge is 0.496 e. The third kappa shape index (κ3) is 3.94. The normalized spacial score (nSPS) is 17.4. The van der Waals surface area contributed by atoms with E-state index < -0.39 is 0 Å². The molecule has 4 rings (SSSR count). The first-order valence-corrected chi connectivity index (χ1v) is 10.4.